The molecule has 1 N–H and O–H groups in total. The van der Waals surface area contributed by atoms with E-state index in [2.05, 4.69) is 25.4 Å². The van der Waals surface area contributed by atoms with Gasteiger partial charge in [0.15, 0.2) is 22.5 Å². The molecule has 1 aromatic carbocycles. The average molecular weight is 427 g/mol. The van der Waals surface area contributed by atoms with Crippen molar-refractivity contribution in [2.24, 2.45) is 10.2 Å². The fraction of sp³-hybridized carbons (Fsp3) is 0.364. The summed E-state index contributed by atoms with van der Waals surface area (Å²) in [4.78, 5) is 11.5. The largest absolute Gasteiger partial charge is 0.379 e. The van der Waals surface area contributed by atoms with E-state index in [1.165, 1.54) is 0 Å². The summed E-state index contributed by atoms with van der Waals surface area (Å²) in [5, 5.41) is 12.3. The topological polar surface area (TPSA) is 75.0 Å². The van der Waals surface area contributed by atoms with Gasteiger partial charge in [0.05, 0.1) is 18.9 Å². The average Bonchev–Trinajstić information content (AvgIpc) is 2.78. The lowest BCUT2D eigenvalue weighted by molar-refractivity contribution is 0.0398. The van der Waals surface area contributed by atoms with Gasteiger partial charge in [-0.3, -0.25) is 4.90 Å². The van der Waals surface area contributed by atoms with Gasteiger partial charge in [-0.2, -0.15) is 5.11 Å². The van der Waals surface area contributed by atoms with Crippen molar-refractivity contribution in [3.8, 4) is 11.4 Å². The number of anilines is 1. The molecule has 7 nitrogen and oxygen atoms in total. The zero-order chi connectivity index (χ0) is 21.2. The number of benzene rings is 1. The van der Waals surface area contributed by atoms with Gasteiger partial charge in [0.25, 0.3) is 0 Å². The van der Waals surface area contributed by atoms with Crippen molar-refractivity contribution in [3.05, 3.63) is 59.4 Å². The minimum atomic E-state index is 0.261. The molecule has 1 fully saturated rings. The van der Waals surface area contributed by atoms with Crippen LogP contribution in [0.2, 0.25) is 5.15 Å². The van der Waals surface area contributed by atoms with E-state index in [4.69, 9.17) is 21.3 Å². The highest BCUT2D eigenvalue weighted by Crippen LogP contribution is 2.33. The van der Waals surface area contributed by atoms with Gasteiger partial charge in [0, 0.05) is 31.7 Å². The summed E-state index contributed by atoms with van der Waals surface area (Å²) in [6.07, 6.45) is 5.66. The smallest absolute Gasteiger partial charge is 0.165 e. The molecule has 0 saturated carbocycles. The third kappa shape index (κ3) is 6.19. The van der Waals surface area contributed by atoms with Gasteiger partial charge in [-0.1, -0.05) is 54.1 Å². The molecule has 0 aliphatic carbocycles. The molecule has 8 heteroatoms. The van der Waals surface area contributed by atoms with Crippen LogP contribution in [0.3, 0.4) is 0 Å². The Hall–Kier alpha value is -2.61. The van der Waals surface area contributed by atoms with Crippen LogP contribution >= 0.6 is 11.6 Å². The summed E-state index contributed by atoms with van der Waals surface area (Å²) >= 11 is 6.51. The van der Waals surface area contributed by atoms with E-state index in [0.717, 1.165) is 44.1 Å². The van der Waals surface area contributed by atoms with Crippen molar-refractivity contribution >= 4 is 23.1 Å². The predicted molar refractivity (Wildman–Crippen MR) is 121 cm³/mol. The first-order valence-electron chi connectivity index (χ1n) is 10.1. The van der Waals surface area contributed by atoms with Gasteiger partial charge >= 0.3 is 0 Å². The van der Waals surface area contributed by atoms with E-state index in [9.17, 15) is 0 Å². The van der Waals surface area contributed by atoms with Crippen LogP contribution in [-0.2, 0) is 4.74 Å². The van der Waals surface area contributed by atoms with E-state index in [0.29, 0.717) is 23.9 Å². The summed E-state index contributed by atoms with van der Waals surface area (Å²) in [6.45, 7) is 8.83. The summed E-state index contributed by atoms with van der Waals surface area (Å²) in [5.41, 5.74) is 2.06. The number of morpholine rings is 1. The SMILES string of the molecule is C/C=C\C(=C/C)N=Nc1c(Cl)nc(-c2ccccc2)nc1NCCN1CCOCC1. The zero-order valence-corrected chi connectivity index (χ0v) is 18.1. The Morgan fingerprint density at radius 2 is 1.97 bits per heavy atom. The van der Waals surface area contributed by atoms with Crippen LogP contribution in [0.4, 0.5) is 11.5 Å². The molecule has 30 heavy (non-hydrogen) atoms. The molecule has 2 heterocycles. The van der Waals surface area contributed by atoms with Crippen LogP contribution in [0.1, 0.15) is 13.8 Å². The molecule has 3 rings (SSSR count). The third-order valence-corrected chi connectivity index (χ3v) is 4.86. The molecule has 0 spiro atoms. The first kappa shape index (κ1) is 22.1. The van der Waals surface area contributed by atoms with E-state index in [1.54, 1.807) is 0 Å². The second kappa shape index (κ2) is 11.5. The maximum absolute atomic E-state index is 6.51. The maximum atomic E-state index is 6.51. The van der Waals surface area contributed by atoms with Crippen molar-refractivity contribution in [3.63, 3.8) is 0 Å². The maximum Gasteiger partial charge on any atom is 0.165 e. The minimum Gasteiger partial charge on any atom is -0.379 e. The lowest BCUT2D eigenvalue weighted by Crippen LogP contribution is -2.39. The summed E-state index contributed by atoms with van der Waals surface area (Å²) in [5.74, 6) is 1.12. The Kier molecular flexibility index (Phi) is 8.50. The summed E-state index contributed by atoms with van der Waals surface area (Å²) < 4.78 is 5.41. The molecule has 0 unspecified atom stereocenters. The van der Waals surface area contributed by atoms with Crippen molar-refractivity contribution in [1.29, 1.82) is 0 Å². The summed E-state index contributed by atoms with van der Waals surface area (Å²) in [7, 11) is 0. The molecule has 158 valence electrons. The first-order chi connectivity index (χ1) is 14.7. The number of allylic oxidation sites excluding steroid dienone is 3. The van der Waals surface area contributed by atoms with Gasteiger partial charge < -0.3 is 10.1 Å². The number of halogens is 1. The highest BCUT2D eigenvalue weighted by Gasteiger charge is 2.15. The Labute approximate surface area is 182 Å². The van der Waals surface area contributed by atoms with Crippen LogP contribution in [0.15, 0.2) is 64.5 Å². The molecular weight excluding hydrogens is 400 g/mol. The van der Waals surface area contributed by atoms with Crippen molar-refractivity contribution in [2.45, 2.75) is 13.8 Å². The van der Waals surface area contributed by atoms with Gasteiger partial charge in [-0.25, -0.2) is 9.97 Å². The van der Waals surface area contributed by atoms with Gasteiger partial charge in [0.1, 0.15) is 0 Å². The molecule has 0 radical (unpaired) electrons. The van der Waals surface area contributed by atoms with Crippen LogP contribution in [0.5, 0.6) is 0 Å². The van der Waals surface area contributed by atoms with E-state index in [-0.39, 0.29) is 5.15 Å². The Balaban J connectivity index is 1.86. The third-order valence-electron chi connectivity index (χ3n) is 4.60. The number of ether oxygens (including phenoxy) is 1. The van der Waals surface area contributed by atoms with Crippen molar-refractivity contribution < 1.29 is 4.74 Å². The highest BCUT2D eigenvalue weighted by atomic mass is 35.5. The molecule has 0 bridgehead atoms. The van der Waals surface area contributed by atoms with Crippen LogP contribution in [0.25, 0.3) is 11.4 Å². The number of nitrogens with one attached hydrogen (secondary N) is 1. The normalized spacial score (nSPS) is 15.9. The zero-order valence-electron chi connectivity index (χ0n) is 17.4. The lowest BCUT2D eigenvalue weighted by atomic mass is 10.2. The van der Waals surface area contributed by atoms with Crippen LogP contribution in [-0.4, -0.2) is 54.3 Å². The first-order valence-corrected chi connectivity index (χ1v) is 10.5. The highest BCUT2D eigenvalue weighted by molar-refractivity contribution is 6.32. The van der Waals surface area contributed by atoms with E-state index >= 15 is 0 Å². The molecular formula is C22H27ClN6O. The lowest BCUT2D eigenvalue weighted by Gasteiger charge is -2.26. The predicted octanol–water partition coefficient (Wildman–Crippen LogP) is 5.10. The number of nitrogens with zero attached hydrogens (tertiary/aromatic N) is 5. The van der Waals surface area contributed by atoms with Crippen LogP contribution < -0.4 is 5.32 Å². The Morgan fingerprint density at radius 3 is 2.67 bits per heavy atom. The summed E-state index contributed by atoms with van der Waals surface area (Å²) in [6, 6.07) is 9.75. The number of hydrogen-bond donors (Lipinski definition) is 1. The second-order valence-corrected chi connectivity index (χ2v) is 7.05. The number of rotatable bonds is 8. The van der Waals surface area contributed by atoms with Crippen molar-refractivity contribution in [1.82, 2.24) is 14.9 Å². The monoisotopic (exact) mass is 426 g/mol. The van der Waals surface area contributed by atoms with Crippen molar-refractivity contribution in [2.75, 3.05) is 44.7 Å². The fourth-order valence-electron chi connectivity index (χ4n) is 2.98. The molecule has 1 aliphatic rings. The fourth-order valence-corrected chi connectivity index (χ4v) is 3.19. The molecule has 0 atom stereocenters. The van der Waals surface area contributed by atoms with Gasteiger partial charge in [0.2, 0.25) is 0 Å². The number of aromatic nitrogens is 2. The molecule has 1 aliphatic heterocycles. The van der Waals surface area contributed by atoms with Crippen LogP contribution in [0, 0.1) is 0 Å². The number of hydrogen-bond acceptors (Lipinski definition) is 7. The number of azo groups is 1. The minimum absolute atomic E-state index is 0.261. The molecule has 1 aromatic heterocycles. The quantitative estimate of drug-likeness (QED) is 0.361. The van der Waals surface area contributed by atoms with Gasteiger partial charge in [-0.15, -0.1) is 5.11 Å². The standard InChI is InChI=1S/C22H27ClN6O/c1-3-8-18(4-2)27-28-19-20(23)25-21(17-9-6-5-7-10-17)26-22(19)24-11-12-29-13-15-30-16-14-29/h3-10H,11-16H2,1-2H3,(H,24,25,26)/b8-3-,18-4+,28-27?. The van der Waals surface area contributed by atoms with Gasteiger partial charge in [-0.05, 0) is 19.9 Å². The second-order valence-electron chi connectivity index (χ2n) is 6.70. The van der Waals surface area contributed by atoms with E-state index in [1.807, 2.05) is 62.4 Å². The Morgan fingerprint density at radius 1 is 1.20 bits per heavy atom. The molecule has 2 aromatic rings. The molecule has 0 amide bonds. The Bertz CT molecular complexity index is 907. The molecule has 1 saturated heterocycles. The van der Waals surface area contributed by atoms with E-state index < -0.39 is 0 Å².